The molecule has 0 spiro atoms. The Bertz CT molecular complexity index is 682. The molecule has 0 unspecified atom stereocenters. The molecule has 0 radical (unpaired) electrons. The van der Waals surface area contributed by atoms with Crippen LogP contribution in [0.25, 0.3) is 10.9 Å². The van der Waals surface area contributed by atoms with Gasteiger partial charge in [0, 0.05) is 24.0 Å². The average Bonchev–Trinajstić information content (AvgIpc) is 2.38. The maximum absolute atomic E-state index is 12.1. The number of aromatic amines is 1. The highest BCUT2D eigenvalue weighted by Gasteiger charge is 2.15. The highest BCUT2D eigenvalue weighted by atomic mass is 35.5. The second-order valence-electron chi connectivity index (χ2n) is 5.46. The van der Waals surface area contributed by atoms with E-state index in [9.17, 15) is 4.79 Å². The predicted octanol–water partition coefficient (Wildman–Crippen LogP) is 2.79. The van der Waals surface area contributed by atoms with Crippen LogP contribution < -0.4 is 10.9 Å². The van der Waals surface area contributed by atoms with Gasteiger partial charge >= 0.3 is 0 Å². The summed E-state index contributed by atoms with van der Waals surface area (Å²) in [6, 6.07) is 6.33. The van der Waals surface area contributed by atoms with Crippen LogP contribution in [0, 0.1) is 0 Å². The molecular formula is C15H21Cl2N3O. The van der Waals surface area contributed by atoms with Crippen LogP contribution in [0.3, 0.4) is 0 Å². The lowest BCUT2D eigenvalue weighted by Crippen LogP contribution is -2.22. The Kier molecular flexibility index (Phi) is 6.08. The van der Waals surface area contributed by atoms with E-state index in [1.54, 1.807) is 0 Å². The largest absolute Gasteiger partial charge is 0.384 e. The van der Waals surface area contributed by atoms with E-state index in [1.165, 1.54) is 5.56 Å². The maximum atomic E-state index is 12.1. The van der Waals surface area contributed by atoms with Gasteiger partial charge in [0.2, 0.25) is 0 Å². The van der Waals surface area contributed by atoms with Gasteiger partial charge in [-0.3, -0.25) is 4.79 Å². The molecule has 1 aliphatic rings. The van der Waals surface area contributed by atoms with Crippen LogP contribution in [-0.2, 0) is 13.0 Å². The molecule has 21 heavy (non-hydrogen) atoms. The summed E-state index contributed by atoms with van der Waals surface area (Å²) in [6.45, 7) is 1.83. The van der Waals surface area contributed by atoms with Crippen molar-refractivity contribution in [1.29, 1.82) is 0 Å². The van der Waals surface area contributed by atoms with Crippen LogP contribution in [0.4, 0.5) is 5.69 Å². The van der Waals surface area contributed by atoms with E-state index in [-0.39, 0.29) is 30.4 Å². The zero-order valence-corrected chi connectivity index (χ0v) is 13.9. The lowest BCUT2D eigenvalue weighted by atomic mass is 10.0. The second-order valence-corrected chi connectivity index (χ2v) is 5.46. The molecule has 1 aromatic carbocycles. The molecule has 2 N–H and O–H groups in total. The van der Waals surface area contributed by atoms with E-state index in [0.29, 0.717) is 0 Å². The Labute approximate surface area is 136 Å². The van der Waals surface area contributed by atoms with Gasteiger partial charge in [0.25, 0.3) is 5.56 Å². The van der Waals surface area contributed by atoms with Crippen molar-refractivity contribution in [3.63, 3.8) is 0 Å². The Morgan fingerprint density at radius 1 is 1.24 bits per heavy atom. The normalized spacial score (nSPS) is 13.1. The Morgan fingerprint density at radius 3 is 2.71 bits per heavy atom. The molecule has 2 heterocycles. The summed E-state index contributed by atoms with van der Waals surface area (Å²) >= 11 is 0. The molecule has 4 nitrogen and oxygen atoms in total. The number of aromatic nitrogens is 1. The molecule has 0 aliphatic carbocycles. The number of rotatable bonds is 2. The molecule has 2 aromatic rings. The smallest absolute Gasteiger partial charge is 0.253 e. The van der Waals surface area contributed by atoms with E-state index in [1.807, 2.05) is 14.1 Å². The summed E-state index contributed by atoms with van der Waals surface area (Å²) in [5.41, 5.74) is 4.12. The third-order valence-corrected chi connectivity index (χ3v) is 3.58. The fraction of sp³-hybridized carbons (Fsp3) is 0.400. The van der Waals surface area contributed by atoms with Gasteiger partial charge in [-0.25, -0.2) is 0 Å². The number of benzene rings is 1. The fourth-order valence-corrected chi connectivity index (χ4v) is 2.77. The van der Waals surface area contributed by atoms with Gasteiger partial charge in [0.05, 0.1) is 11.2 Å². The summed E-state index contributed by atoms with van der Waals surface area (Å²) in [7, 11) is 4.09. The van der Waals surface area contributed by atoms with Crippen molar-refractivity contribution in [2.75, 3.05) is 26.0 Å². The number of nitrogens with one attached hydrogen (secondary N) is 2. The number of H-pyrrole nitrogens is 1. The number of hydrogen-bond acceptors (Lipinski definition) is 3. The number of fused-ring (bicyclic) bond motifs is 3. The van der Waals surface area contributed by atoms with Crippen LogP contribution in [0.1, 0.15) is 17.5 Å². The van der Waals surface area contributed by atoms with Gasteiger partial charge in [-0.15, -0.1) is 24.8 Å². The van der Waals surface area contributed by atoms with Gasteiger partial charge < -0.3 is 15.2 Å². The quantitative estimate of drug-likeness (QED) is 0.890. The number of hydrogen-bond donors (Lipinski definition) is 2. The van der Waals surface area contributed by atoms with E-state index < -0.39 is 0 Å². The third kappa shape index (κ3) is 3.51. The van der Waals surface area contributed by atoms with Crippen LogP contribution in [-0.4, -0.2) is 30.5 Å². The van der Waals surface area contributed by atoms with Gasteiger partial charge in [0.15, 0.2) is 0 Å². The van der Waals surface area contributed by atoms with Crippen LogP contribution in [0.2, 0.25) is 0 Å². The lowest BCUT2D eigenvalue weighted by molar-refractivity contribution is 0.402. The van der Waals surface area contributed by atoms with Crippen molar-refractivity contribution in [2.45, 2.75) is 19.4 Å². The molecule has 0 atom stereocenters. The molecule has 0 amide bonds. The summed E-state index contributed by atoms with van der Waals surface area (Å²) in [6.07, 6.45) is 1.90. The average molecular weight is 330 g/mol. The van der Waals surface area contributed by atoms with E-state index in [0.717, 1.165) is 48.1 Å². The number of anilines is 1. The summed E-state index contributed by atoms with van der Waals surface area (Å²) < 4.78 is 0. The molecular weight excluding hydrogens is 309 g/mol. The molecule has 0 saturated carbocycles. The van der Waals surface area contributed by atoms with Gasteiger partial charge in [-0.1, -0.05) is 12.1 Å². The number of pyridine rings is 1. The van der Waals surface area contributed by atoms with E-state index >= 15 is 0 Å². The first-order valence-electron chi connectivity index (χ1n) is 6.71. The zero-order valence-electron chi connectivity index (χ0n) is 12.2. The summed E-state index contributed by atoms with van der Waals surface area (Å²) in [5.74, 6) is 0. The van der Waals surface area contributed by atoms with Crippen LogP contribution >= 0.6 is 24.8 Å². The molecule has 0 fully saturated rings. The first-order chi connectivity index (χ1) is 9.15. The van der Waals surface area contributed by atoms with Crippen LogP contribution in [0.15, 0.2) is 23.0 Å². The van der Waals surface area contributed by atoms with E-state index in [2.05, 4.69) is 33.4 Å². The molecule has 0 saturated heterocycles. The molecule has 3 rings (SSSR count). The predicted molar refractivity (Wildman–Crippen MR) is 93.3 cm³/mol. The molecule has 1 aromatic heterocycles. The minimum Gasteiger partial charge on any atom is -0.384 e. The van der Waals surface area contributed by atoms with Gasteiger partial charge in [0.1, 0.15) is 0 Å². The highest BCUT2D eigenvalue weighted by molar-refractivity contribution is 5.93. The van der Waals surface area contributed by atoms with Crippen molar-refractivity contribution in [3.8, 4) is 0 Å². The fourth-order valence-electron chi connectivity index (χ4n) is 2.77. The Morgan fingerprint density at radius 2 is 2.00 bits per heavy atom. The Hall–Kier alpha value is -1.23. The van der Waals surface area contributed by atoms with Crippen molar-refractivity contribution in [3.05, 3.63) is 39.7 Å². The number of halogens is 2. The first kappa shape index (κ1) is 17.8. The molecule has 1 aliphatic heterocycles. The monoisotopic (exact) mass is 329 g/mol. The number of nitrogens with zero attached hydrogens (tertiary/aromatic N) is 1. The topological polar surface area (TPSA) is 48.1 Å². The first-order valence-corrected chi connectivity index (χ1v) is 6.71. The van der Waals surface area contributed by atoms with Gasteiger partial charge in [-0.2, -0.15) is 0 Å². The Balaban J connectivity index is 0.00000110. The third-order valence-electron chi connectivity index (χ3n) is 3.58. The maximum Gasteiger partial charge on any atom is 0.253 e. The lowest BCUT2D eigenvalue weighted by Gasteiger charge is -2.19. The zero-order chi connectivity index (χ0) is 13.4. The van der Waals surface area contributed by atoms with Crippen LogP contribution in [0.5, 0.6) is 0 Å². The highest BCUT2D eigenvalue weighted by Crippen LogP contribution is 2.27. The standard InChI is InChI=1S/C15H19N3O.2ClH/c1-18(2)9-10-5-6-11-13(8-10)17-15(19)12-4-3-7-16-14(11)12;;/h5-6,8,16H,3-4,7,9H2,1-2H3,(H,17,19);2*1H. The summed E-state index contributed by atoms with van der Waals surface area (Å²) in [4.78, 5) is 17.2. The van der Waals surface area contributed by atoms with Crippen molar-refractivity contribution in [2.24, 2.45) is 0 Å². The SMILES string of the molecule is CN(C)Cc1ccc2c3c(c(=O)[nH]c2c1)CCCN3.Cl.Cl. The van der Waals surface area contributed by atoms with Crippen molar-refractivity contribution < 1.29 is 0 Å². The van der Waals surface area contributed by atoms with Crippen molar-refractivity contribution in [1.82, 2.24) is 9.88 Å². The summed E-state index contributed by atoms with van der Waals surface area (Å²) in [5, 5.41) is 4.50. The minimum absolute atomic E-state index is 0. The van der Waals surface area contributed by atoms with Crippen molar-refractivity contribution >= 4 is 41.4 Å². The van der Waals surface area contributed by atoms with E-state index in [4.69, 9.17) is 0 Å². The molecule has 116 valence electrons. The molecule has 6 heteroatoms. The molecule has 0 bridgehead atoms. The second kappa shape index (κ2) is 7.16. The minimum atomic E-state index is 0. The van der Waals surface area contributed by atoms with Gasteiger partial charge in [-0.05, 0) is 38.6 Å².